The van der Waals surface area contributed by atoms with E-state index in [1.807, 2.05) is 0 Å². The van der Waals surface area contributed by atoms with E-state index in [0.29, 0.717) is 0 Å². The molecule has 52 heavy (non-hydrogen) atoms. The van der Waals surface area contributed by atoms with E-state index in [1.54, 1.807) is 0 Å². The molecule has 8 aromatic rings. The van der Waals surface area contributed by atoms with Gasteiger partial charge in [0.15, 0.2) is 0 Å². The number of hydrogen-bond donors (Lipinski definition) is 1. The summed E-state index contributed by atoms with van der Waals surface area (Å²) < 4.78 is 16.2. The van der Waals surface area contributed by atoms with Crippen molar-refractivity contribution in [3.8, 4) is 39.8 Å². The maximum absolute atomic E-state index is 7.22. The molecule has 7 aromatic carbocycles. The van der Waals surface area contributed by atoms with Gasteiger partial charge in [-0.3, -0.25) is 0 Å². The number of aromatic nitrogens is 1. The van der Waals surface area contributed by atoms with Crippen LogP contribution in [0.4, 0.5) is 0 Å². The summed E-state index contributed by atoms with van der Waals surface area (Å²) in [6, 6.07) is 56.4. The third kappa shape index (κ3) is 4.03. The van der Waals surface area contributed by atoms with E-state index in [4.69, 9.17) is 9.47 Å². The van der Waals surface area contributed by atoms with Gasteiger partial charge in [-0.05, 0) is 54.1 Å². The number of nitrogens with one attached hydrogen (secondary N) is 1. The van der Waals surface area contributed by atoms with Gasteiger partial charge in [0, 0.05) is 62.1 Å². The first-order valence-corrected chi connectivity index (χ1v) is 17.8. The van der Waals surface area contributed by atoms with Crippen LogP contribution in [-0.4, -0.2) is 11.1 Å². The minimum absolute atomic E-state index is 0.680. The minimum atomic E-state index is -0.680. The molecule has 4 heterocycles. The van der Waals surface area contributed by atoms with Gasteiger partial charge >= 0.3 is 0 Å². The van der Waals surface area contributed by atoms with Gasteiger partial charge in [-0.2, -0.15) is 0 Å². The molecule has 0 saturated heterocycles. The summed E-state index contributed by atoms with van der Waals surface area (Å²) in [6.45, 7) is 0.793. The van der Waals surface area contributed by atoms with Crippen molar-refractivity contribution >= 4 is 27.5 Å². The Bertz CT molecular complexity index is 2760. The van der Waals surface area contributed by atoms with Crippen LogP contribution in [0.1, 0.15) is 27.8 Å². The molecule has 4 nitrogen and oxygen atoms in total. The third-order valence-electron chi connectivity index (χ3n) is 10.9. The zero-order valence-corrected chi connectivity index (χ0v) is 28.2. The van der Waals surface area contributed by atoms with Crippen LogP contribution >= 0.6 is 0 Å². The van der Waals surface area contributed by atoms with Crippen LogP contribution < -0.4 is 14.8 Å². The average molecular weight is 669 g/mol. The predicted molar refractivity (Wildman–Crippen MR) is 210 cm³/mol. The second kappa shape index (κ2) is 11.1. The molecule has 4 heteroatoms. The highest BCUT2D eigenvalue weighted by Gasteiger charge is 2.51. The highest BCUT2D eigenvalue weighted by Crippen LogP contribution is 2.62. The van der Waals surface area contributed by atoms with E-state index in [1.165, 1.54) is 16.3 Å². The maximum atomic E-state index is 7.22. The highest BCUT2D eigenvalue weighted by atomic mass is 16.5. The lowest BCUT2D eigenvalue weighted by Crippen LogP contribution is -2.37. The molecule has 0 radical (unpaired) electrons. The van der Waals surface area contributed by atoms with Crippen LogP contribution in [0.5, 0.6) is 23.0 Å². The van der Waals surface area contributed by atoms with Gasteiger partial charge in [0.2, 0.25) is 0 Å². The third-order valence-corrected chi connectivity index (χ3v) is 10.9. The average Bonchev–Trinajstić information content (AvgIpc) is 3.54. The second-order valence-electron chi connectivity index (χ2n) is 13.6. The van der Waals surface area contributed by atoms with Gasteiger partial charge in [-0.25, -0.2) is 0 Å². The monoisotopic (exact) mass is 668 g/mol. The lowest BCUT2D eigenvalue weighted by molar-refractivity contribution is 0.400. The normalized spacial score (nSPS) is 14.7. The Morgan fingerprint density at radius 2 is 1.21 bits per heavy atom. The summed E-state index contributed by atoms with van der Waals surface area (Å²) in [6.07, 6.45) is 6.36. The van der Waals surface area contributed by atoms with E-state index < -0.39 is 5.41 Å². The van der Waals surface area contributed by atoms with Crippen molar-refractivity contribution in [2.75, 3.05) is 6.54 Å². The quantitative estimate of drug-likeness (QED) is 0.204. The first-order valence-electron chi connectivity index (χ1n) is 17.8. The van der Waals surface area contributed by atoms with Crippen molar-refractivity contribution in [1.29, 1.82) is 0 Å². The molecule has 11 rings (SSSR count). The predicted octanol–water partition coefficient (Wildman–Crippen LogP) is 11.5. The molecule has 0 aliphatic carbocycles. The molecule has 0 saturated carbocycles. The van der Waals surface area contributed by atoms with Crippen molar-refractivity contribution in [2.45, 2.75) is 5.41 Å². The van der Waals surface area contributed by atoms with Crippen LogP contribution in [0, 0.1) is 0 Å². The number of para-hydroxylation sites is 5. The lowest BCUT2D eigenvalue weighted by Gasteiger charge is -2.45. The number of nitrogens with zero attached hydrogens (tertiary/aromatic N) is 1. The number of rotatable bonds is 3. The van der Waals surface area contributed by atoms with Crippen molar-refractivity contribution in [3.63, 3.8) is 0 Å². The van der Waals surface area contributed by atoms with E-state index in [2.05, 4.69) is 186 Å². The van der Waals surface area contributed by atoms with Crippen molar-refractivity contribution in [3.05, 3.63) is 204 Å². The Morgan fingerprint density at radius 1 is 0.519 bits per heavy atom. The number of hydrogen-bond acceptors (Lipinski definition) is 3. The molecular formula is C48H32N2O2. The first kappa shape index (κ1) is 29.0. The highest BCUT2D eigenvalue weighted by molar-refractivity contribution is 6.10. The molecule has 3 aliphatic heterocycles. The van der Waals surface area contributed by atoms with Crippen molar-refractivity contribution < 1.29 is 9.47 Å². The zero-order chi connectivity index (χ0) is 34.2. The number of allylic oxidation sites excluding steroid dienone is 2. The Labute approximate surface area is 301 Å². The van der Waals surface area contributed by atoms with Gasteiger partial charge in [0.25, 0.3) is 0 Å². The standard InChI is InChI=1S/C48H32N2O2/c1-2-13-33(14-3-1)50-42-21-7-4-15-35(42)36-26-24-31(29-43(36)50)34-16-12-19-40-47(34)52-46-30-32(41-20-10-11-28-49-41)25-27-39(46)48(40)37-17-5-8-22-44(37)51-45-23-9-6-18-38(45)48/h1-27,29-30,49H,28H2. The van der Waals surface area contributed by atoms with Gasteiger partial charge in [-0.1, -0.05) is 127 Å². The van der Waals surface area contributed by atoms with Crippen LogP contribution in [0.15, 0.2) is 176 Å². The van der Waals surface area contributed by atoms with Crippen LogP contribution in [-0.2, 0) is 5.41 Å². The Hall–Kier alpha value is -6.78. The molecule has 0 atom stereocenters. The zero-order valence-electron chi connectivity index (χ0n) is 28.2. The molecule has 1 aromatic heterocycles. The van der Waals surface area contributed by atoms with Gasteiger partial charge in [0.1, 0.15) is 23.0 Å². The lowest BCUT2D eigenvalue weighted by atomic mass is 9.62. The Morgan fingerprint density at radius 3 is 2.02 bits per heavy atom. The summed E-state index contributed by atoms with van der Waals surface area (Å²) >= 11 is 0. The number of fused-ring (bicyclic) bond motifs is 11. The van der Waals surface area contributed by atoms with Crippen LogP contribution in [0.3, 0.4) is 0 Å². The van der Waals surface area contributed by atoms with Gasteiger partial charge in [0.05, 0.1) is 16.4 Å². The van der Waals surface area contributed by atoms with Crippen molar-refractivity contribution in [2.24, 2.45) is 0 Å². The number of ether oxygens (including phenoxy) is 2. The SMILES string of the molecule is C1=CCNC(c2ccc3c(c2)Oc2c(-c4ccc5c6ccccc6n(-c6ccccc6)c5c4)cccc2C32c3ccccc3Oc3ccccc32)=C1. The molecule has 1 N–H and O–H groups in total. The molecule has 0 fully saturated rings. The smallest absolute Gasteiger partial charge is 0.140 e. The van der Waals surface area contributed by atoms with Gasteiger partial charge < -0.3 is 19.4 Å². The summed E-state index contributed by atoms with van der Waals surface area (Å²) in [5.74, 6) is 3.39. The van der Waals surface area contributed by atoms with Crippen molar-refractivity contribution in [1.82, 2.24) is 9.88 Å². The fraction of sp³-hybridized carbons (Fsp3) is 0.0417. The molecule has 246 valence electrons. The molecule has 0 amide bonds. The van der Waals surface area contributed by atoms with E-state index in [0.717, 1.165) is 85.4 Å². The van der Waals surface area contributed by atoms with E-state index >= 15 is 0 Å². The minimum Gasteiger partial charge on any atom is -0.457 e. The first-order chi connectivity index (χ1) is 25.8. The summed E-state index contributed by atoms with van der Waals surface area (Å²) in [5, 5.41) is 5.99. The maximum Gasteiger partial charge on any atom is 0.140 e. The molecule has 0 bridgehead atoms. The summed E-state index contributed by atoms with van der Waals surface area (Å²) in [7, 11) is 0. The van der Waals surface area contributed by atoms with E-state index in [-0.39, 0.29) is 0 Å². The van der Waals surface area contributed by atoms with Crippen LogP contribution in [0.25, 0.3) is 44.3 Å². The molecule has 0 unspecified atom stereocenters. The fourth-order valence-electron chi connectivity index (χ4n) is 8.74. The topological polar surface area (TPSA) is 35.4 Å². The second-order valence-corrected chi connectivity index (χ2v) is 13.6. The van der Waals surface area contributed by atoms with Gasteiger partial charge in [-0.15, -0.1) is 0 Å². The summed E-state index contributed by atoms with van der Waals surface area (Å²) in [5.41, 5.74) is 11.5. The Kier molecular flexibility index (Phi) is 6.20. The molecule has 3 aliphatic rings. The largest absolute Gasteiger partial charge is 0.457 e. The fourth-order valence-corrected chi connectivity index (χ4v) is 8.74. The van der Waals surface area contributed by atoms with E-state index in [9.17, 15) is 0 Å². The summed E-state index contributed by atoms with van der Waals surface area (Å²) in [4.78, 5) is 0. The Balaban J connectivity index is 1.21. The molecule has 1 spiro atoms. The number of dihydropyridines is 1. The number of benzene rings is 7. The molecular weight excluding hydrogens is 637 g/mol. The van der Waals surface area contributed by atoms with Crippen LogP contribution in [0.2, 0.25) is 0 Å².